The molecule has 7 nitrogen and oxygen atoms in total. The molecule has 3 amide bonds. The van der Waals surface area contributed by atoms with Gasteiger partial charge < -0.3 is 25.0 Å². The number of carbonyl (C=O) groups is 2. The zero-order valence-corrected chi connectivity index (χ0v) is 20.0. The quantitative estimate of drug-likeness (QED) is 0.693. The van der Waals surface area contributed by atoms with Gasteiger partial charge in [-0.1, -0.05) is 46.0 Å². The van der Waals surface area contributed by atoms with Gasteiger partial charge in [-0.15, -0.1) is 0 Å². The normalized spacial score (nSPS) is 18.2. The van der Waals surface area contributed by atoms with E-state index >= 15 is 0 Å². The first kappa shape index (κ1) is 24.2. The molecule has 0 spiro atoms. The van der Waals surface area contributed by atoms with Crippen LogP contribution in [-0.2, 0) is 17.8 Å². The number of urea groups is 1. The van der Waals surface area contributed by atoms with Gasteiger partial charge in [0, 0.05) is 19.1 Å². The van der Waals surface area contributed by atoms with Crippen LogP contribution >= 0.6 is 0 Å². The van der Waals surface area contributed by atoms with Gasteiger partial charge in [0.2, 0.25) is 5.91 Å². The SMILES string of the molecule is COc1cc2c(cc1OC)CN(C(=O)N[C@H](C(=O)NC1CCCCCCC1)C(C)C)CC2. The Morgan fingerprint density at radius 3 is 2.16 bits per heavy atom. The summed E-state index contributed by atoms with van der Waals surface area (Å²) in [6, 6.07) is 3.40. The molecule has 32 heavy (non-hydrogen) atoms. The molecule has 1 fully saturated rings. The third kappa shape index (κ3) is 6.08. The summed E-state index contributed by atoms with van der Waals surface area (Å²) in [7, 11) is 3.24. The van der Waals surface area contributed by atoms with Gasteiger partial charge in [-0.05, 0) is 48.4 Å². The van der Waals surface area contributed by atoms with Gasteiger partial charge >= 0.3 is 6.03 Å². The first-order valence-electron chi connectivity index (χ1n) is 12.0. The summed E-state index contributed by atoms with van der Waals surface area (Å²) in [5, 5.41) is 6.22. The van der Waals surface area contributed by atoms with Crippen LogP contribution in [0.15, 0.2) is 12.1 Å². The lowest BCUT2D eigenvalue weighted by atomic mass is 9.95. The van der Waals surface area contributed by atoms with Crippen molar-refractivity contribution in [1.29, 1.82) is 0 Å². The molecule has 178 valence electrons. The average molecular weight is 446 g/mol. The monoisotopic (exact) mass is 445 g/mol. The number of ether oxygens (including phenoxy) is 2. The van der Waals surface area contributed by atoms with Crippen LogP contribution in [-0.4, -0.2) is 49.7 Å². The molecule has 1 heterocycles. The molecule has 3 rings (SSSR count). The zero-order valence-electron chi connectivity index (χ0n) is 20.0. The molecule has 7 heteroatoms. The number of fused-ring (bicyclic) bond motifs is 1. The number of hydrogen-bond acceptors (Lipinski definition) is 4. The summed E-state index contributed by atoms with van der Waals surface area (Å²) in [5.74, 6) is 1.30. The number of carbonyl (C=O) groups excluding carboxylic acids is 2. The molecular formula is C25H39N3O4. The highest BCUT2D eigenvalue weighted by molar-refractivity contribution is 5.87. The standard InChI is InChI=1S/C25H39N3O4/c1-17(2)23(24(29)26-20-10-8-6-5-7-9-11-20)27-25(30)28-13-12-18-14-21(31-3)22(32-4)15-19(18)16-28/h14-15,17,20,23H,5-13,16H2,1-4H3,(H,26,29)(H,27,30)/t23-/m0/s1. The Labute approximate surface area is 192 Å². The minimum Gasteiger partial charge on any atom is -0.493 e. The lowest BCUT2D eigenvalue weighted by molar-refractivity contribution is -0.124. The highest BCUT2D eigenvalue weighted by atomic mass is 16.5. The third-order valence-electron chi connectivity index (χ3n) is 6.68. The Kier molecular flexibility index (Phi) is 8.65. The molecular weight excluding hydrogens is 406 g/mol. The number of amides is 3. The summed E-state index contributed by atoms with van der Waals surface area (Å²) in [6.07, 6.45) is 8.88. The van der Waals surface area contributed by atoms with Crippen molar-refractivity contribution in [1.82, 2.24) is 15.5 Å². The topological polar surface area (TPSA) is 79.9 Å². The van der Waals surface area contributed by atoms with Crippen molar-refractivity contribution in [2.45, 2.75) is 83.8 Å². The Morgan fingerprint density at radius 1 is 0.969 bits per heavy atom. The fraction of sp³-hybridized carbons (Fsp3) is 0.680. The van der Waals surface area contributed by atoms with E-state index < -0.39 is 6.04 Å². The number of nitrogens with zero attached hydrogens (tertiary/aromatic N) is 1. The second-order valence-electron chi connectivity index (χ2n) is 9.37. The molecule has 0 saturated heterocycles. The number of hydrogen-bond donors (Lipinski definition) is 2. The van der Waals surface area contributed by atoms with Crippen LogP contribution in [0.5, 0.6) is 11.5 Å². The second kappa shape index (κ2) is 11.4. The largest absolute Gasteiger partial charge is 0.493 e. The van der Waals surface area contributed by atoms with Crippen LogP contribution < -0.4 is 20.1 Å². The summed E-state index contributed by atoms with van der Waals surface area (Å²) >= 11 is 0. The Balaban J connectivity index is 1.63. The summed E-state index contributed by atoms with van der Waals surface area (Å²) in [4.78, 5) is 27.9. The lowest BCUT2D eigenvalue weighted by Crippen LogP contribution is -2.55. The van der Waals surface area contributed by atoms with Crippen molar-refractivity contribution < 1.29 is 19.1 Å². The number of rotatable bonds is 6. The molecule has 0 unspecified atom stereocenters. The van der Waals surface area contributed by atoms with E-state index in [-0.39, 0.29) is 23.9 Å². The summed E-state index contributed by atoms with van der Waals surface area (Å²) in [6.45, 7) is 5.04. The first-order chi connectivity index (χ1) is 15.4. The smallest absolute Gasteiger partial charge is 0.318 e. The van der Waals surface area contributed by atoms with E-state index in [0.717, 1.165) is 43.2 Å². The Morgan fingerprint density at radius 2 is 1.56 bits per heavy atom. The maximum atomic E-state index is 13.1. The van der Waals surface area contributed by atoms with Crippen molar-refractivity contribution in [2.24, 2.45) is 5.92 Å². The highest BCUT2D eigenvalue weighted by Gasteiger charge is 2.30. The van der Waals surface area contributed by atoms with Crippen LogP contribution in [0.1, 0.15) is 69.9 Å². The fourth-order valence-corrected chi connectivity index (χ4v) is 4.71. The van der Waals surface area contributed by atoms with Crippen molar-refractivity contribution >= 4 is 11.9 Å². The van der Waals surface area contributed by atoms with Gasteiger partial charge in [0.1, 0.15) is 6.04 Å². The van der Waals surface area contributed by atoms with Gasteiger partial charge in [0.05, 0.1) is 14.2 Å². The van der Waals surface area contributed by atoms with Crippen LogP contribution in [0.3, 0.4) is 0 Å². The van der Waals surface area contributed by atoms with Crippen LogP contribution in [0.2, 0.25) is 0 Å². The van der Waals surface area contributed by atoms with Gasteiger partial charge in [0.25, 0.3) is 0 Å². The van der Waals surface area contributed by atoms with Crippen molar-refractivity contribution in [3.05, 3.63) is 23.3 Å². The molecule has 2 N–H and O–H groups in total. The highest BCUT2D eigenvalue weighted by Crippen LogP contribution is 2.33. The van der Waals surface area contributed by atoms with E-state index in [9.17, 15) is 9.59 Å². The lowest BCUT2D eigenvalue weighted by Gasteiger charge is -2.32. The van der Waals surface area contributed by atoms with E-state index in [1.165, 1.54) is 19.3 Å². The Hall–Kier alpha value is -2.44. The molecule has 2 aliphatic rings. The van der Waals surface area contributed by atoms with Crippen LogP contribution in [0.25, 0.3) is 0 Å². The zero-order chi connectivity index (χ0) is 23.1. The summed E-state index contributed by atoms with van der Waals surface area (Å²) < 4.78 is 10.8. The molecule has 0 radical (unpaired) electrons. The third-order valence-corrected chi connectivity index (χ3v) is 6.68. The molecule has 1 aliphatic carbocycles. The first-order valence-corrected chi connectivity index (χ1v) is 12.0. The maximum Gasteiger partial charge on any atom is 0.318 e. The number of methoxy groups -OCH3 is 2. The van der Waals surface area contributed by atoms with Crippen LogP contribution in [0.4, 0.5) is 4.79 Å². The molecule has 0 bridgehead atoms. The predicted molar refractivity (Wildman–Crippen MR) is 125 cm³/mol. The van der Waals surface area contributed by atoms with Crippen molar-refractivity contribution in [3.63, 3.8) is 0 Å². The fourth-order valence-electron chi connectivity index (χ4n) is 4.71. The second-order valence-corrected chi connectivity index (χ2v) is 9.37. The van der Waals surface area contributed by atoms with Crippen molar-refractivity contribution in [3.8, 4) is 11.5 Å². The number of nitrogens with one attached hydrogen (secondary N) is 2. The van der Waals surface area contributed by atoms with E-state index in [4.69, 9.17) is 9.47 Å². The van der Waals surface area contributed by atoms with E-state index in [1.54, 1.807) is 19.1 Å². The van der Waals surface area contributed by atoms with Crippen LogP contribution in [0, 0.1) is 5.92 Å². The molecule has 1 aromatic rings. The molecule has 1 atom stereocenters. The van der Waals surface area contributed by atoms with Gasteiger partial charge in [-0.2, -0.15) is 0 Å². The van der Waals surface area contributed by atoms with E-state index in [2.05, 4.69) is 10.6 Å². The summed E-state index contributed by atoms with van der Waals surface area (Å²) in [5.41, 5.74) is 2.21. The van der Waals surface area contributed by atoms with E-state index in [0.29, 0.717) is 24.6 Å². The van der Waals surface area contributed by atoms with E-state index in [1.807, 2.05) is 26.0 Å². The molecule has 1 aromatic carbocycles. The Bertz CT molecular complexity index is 788. The minimum absolute atomic E-state index is 0.00828. The molecule has 1 aliphatic heterocycles. The molecule has 1 saturated carbocycles. The van der Waals surface area contributed by atoms with Gasteiger partial charge in [-0.3, -0.25) is 4.79 Å². The predicted octanol–water partition coefficient (Wildman–Crippen LogP) is 4.03. The van der Waals surface area contributed by atoms with Gasteiger partial charge in [-0.25, -0.2) is 4.79 Å². The number of benzene rings is 1. The van der Waals surface area contributed by atoms with Crippen molar-refractivity contribution in [2.75, 3.05) is 20.8 Å². The van der Waals surface area contributed by atoms with Gasteiger partial charge in [0.15, 0.2) is 11.5 Å². The average Bonchev–Trinajstić information content (AvgIpc) is 2.77. The molecule has 0 aromatic heterocycles. The minimum atomic E-state index is -0.542. The maximum absolute atomic E-state index is 13.1.